The highest BCUT2D eigenvalue weighted by atomic mass is 79.9. The van der Waals surface area contributed by atoms with Crippen molar-refractivity contribution >= 4 is 33.7 Å². The second kappa shape index (κ2) is 7.21. The van der Waals surface area contributed by atoms with E-state index < -0.39 is 10.8 Å². The molecule has 24 heavy (non-hydrogen) atoms. The van der Waals surface area contributed by atoms with Gasteiger partial charge in [0.1, 0.15) is 12.3 Å². The summed E-state index contributed by atoms with van der Waals surface area (Å²) in [5, 5.41) is 28.2. The minimum Gasteiger partial charge on any atom is -0.507 e. The van der Waals surface area contributed by atoms with E-state index in [4.69, 9.17) is 0 Å². The van der Waals surface area contributed by atoms with Crippen LogP contribution in [0.4, 0.5) is 5.69 Å². The Morgan fingerprint density at radius 1 is 1.54 bits per heavy atom. The number of hydrazone groups is 1. The van der Waals surface area contributed by atoms with Crippen molar-refractivity contribution in [3.8, 4) is 5.75 Å². The summed E-state index contributed by atoms with van der Waals surface area (Å²) in [5.41, 5.74) is 3.80. The van der Waals surface area contributed by atoms with Gasteiger partial charge in [-0.05, 0) is 35.8 Å². The number of hydrogen-bond acceptors (Lipinski definition) is 6. The van der Waals surface area contributed by atoms with Crippen molar-refractivity contribution in [2.75, 3.05) is 0 Å². The molecule has 0 aliphatic rings. The normalized spacial score (nSPS) is 11.0. The molecule has 2 rings (SSSR count). The molecule has 0 aliphatic heterocycles. The summed E-state index contributed by atoms with van der Waals surface area (Å²) in [5.74, 6) is -0.602. The van der Waals surface area contributed by atoms with Crippen LogP contribution in [-0.4, -0.2) is 31.9 Å². The van der Waals surface area contributed by atoms with Gasteiger partial charge in [-0.25, -0.2) is 5.43 Å². The summed E-state index contributed by atoms with van der Waals surface area (Å²) in [6.07, 6.45) is 1.14. The molecule has 2 N–H and O–H groups in total. The molecule has 0 atom stereocenters. The fourth-order valence-electron chi connectivity index (χ4n) is 1.93. The van der Waals surface area contributed by atoms with Gasteiger partial charge in [0.25, 0.3) is 11.6 Å². The number of nitrogens with one attached hydrogen (secondary N) is 1. The number of non-ortho nitro benzene ring substituents is 1. The maximum absolute atomic E-state index is 11.9. The molecular weight excluding hydrogens is 382 g/mol. The molecule has 1 aromatic carbocycles. The minimum absolute atomic E-state index is 0.0312. The zero-order valence-electron chi connectivity index (χ0n) is 12.9. The second-order valence-corrected chi connectivity index (χ2v) is 5.73. The third-order valence-corrected chi connectivity index (χ3v) is 4.35. The van der Waals surface area contributed by atoms with E-state index in [-0.39, 0.29) is 23.5 Å². The number of nitro benzene ring substituents is 1. The van der Waals surface area contributed by atoms with Crippen LogP contribution in [-0.2, 0) is 11.3 Å². The number of aryl methyl sites for hydroxylation is 1. The fourth-order valence-corrected chi connectivity index (χ4v) is 2.22. The number of aromatic hydroxyl groups is 1. The number of nitro groups is 1. The lowest BCUT2D eigenvalue weighted by atomic mass is 10.2. The number of hydrogen-bond donors (Lipinski definition) is 2. The Balaban J connectivity index is 2.03. The third-order valence-electron chi connectivity index (χ3n) is 3.20. The molecule has 1 aromatic heterocycles. The molecule has 0 bridgehead atoms. The highest BCUT2D eigenvalue weighted by molar-refractivity contribution is 9.10. The molecule has 2 aromatic rings. The average molecular weight is 396 g/mol. The van der Waals surface area contributed by atoms with Crippen molar-refractivity contribution in [2.45, 2.75) is 20.4 Å². The molecule has 0 saturated carbocycles. The van der Waals surface area contributed by atoms with Gasteiger partial charge in [0.2, 0.25) is 0 Å². The number of amides is 1. The Hall–Kier alpha value is -2.75. The second-order valence-electron chi connectivity index (χ2n) is 4.94. The SMILES string of the molecule is Cc1nn(CC(=O)NN=Cc2cc([N+](=O)[O-])ccc2O)c(C)c1Br. The van der Waals surface area contributed by atoms with Gasteiger partial charge in [0, 0.05) is 17.7 Å². The summed E-state index contributed by atoms with van der Waals surface area (Å²) in [7, 11) is 0. The molecule has 126 valence electrons. The van der Waals surface area contributed by atoms with Crippen molar-refractivity contribution in [1.82, 2.24) is 15.2 Å². The Morgan fingerprint density at radius 3 is 2.83 bits per heavy atom. The monoisotopic (exact) mass is 395 g/mol. The van der Waals surface area contributed by atoms with Crippen molar-refractivity contribution in [2.24, 2.45) is 5.10 Å². The lowest BCUT2D eigenvalue weighted by molar-refractivity contribution is -0.384. The molecule has 1 amide bonds. The maximum atomic E-state index is 11.9. The lowest BCUT2D eigenvalue weighted by Gasteiger charge is -2.03. The molecule has 0 radical (unpaired) electrons. The highest BCUT2D eigenvalue weighted by Crippen LogP contribution is 2.21. The van der Waals surface area contributed by atoms with Gasteiger partial charge < -0.3 is 5.11 Å². The molecule has 9 nitrogen and oxygen atoms in total. The quantitative estimate of drug-likeness (QED) is 0.455. The van der Waals surface area contributed by atoms with Crippen LogP contribution >= 0.6 is 15.9 Å². The molecule has 0 fully saturated rings. The molecular formula is C14H14BrN5O4. The lowest BCUT2D eigenvalue weighted by Crippen LogP contribution is -2.24. The van der Waals surface area contributed by atoms with Crippen LogP contribution in [0.3, 0.4) is 0 Å². The van der Waals surface area contributed by atoms with E-state index in [9.17, 15) is 20.0 Å². The van der Waals surface area contributed by atoms with Crippen molar-refractivity contribution < 1.29 is 14.8 Å². The zero-order valence-corrected chi connectivity index (χ0v) is 14.4. The number of rotatable bonds is 5. The molecule has 10 heteroatoms. The molecule has 0 unspecified atom stereocenters. The molecule has 0 spiro atoms. The highest BCUT2D eigenvalue weighted by Gasteiger charge is 2.12. The van der Waals surface area contributed by atoms with Gasteiger partial charge in [0.05, 0.1) is 27.0 Å². The van der Waals surface area contributed by atoms with Crippen LogP contribution in [0, 0.1) is 24.0 Å². The summed E-state index contributed by atoms with van der Waals surface area (Å²) >= 11 is 3.37. The van der Waals surface area contributed by atoms with Crippen molar-refractivity contribution in [3.05, 3.63) is 49.7 Å². The number of phenolic OH excluding ortho intramolecular Hbond substituents is 1. The van der Waals surface area contributed by atoms with Crippen LogP contribution in [0.1, 0.15) is 17.0 Å². The number of carbonyl (C=O) groups excluding carboxylic acids is 1. The molecule has 0 saturated heterocycles. The van der Waals surface area contributed by atoms with Gasteiger partial charge in [-0.3, -0.25) is 19.6 Å². The van der Waals surface area contributed by atoms with Crippen LogP contribution in [0.5, 0.6) is 5.75 Å². The molecule has 0 aliphatic carbocycles. The van der Waals surface area contributed by atoms with Gasteiger partial charge in [-0.15, -0.1) is 0 Å². The number of phenols is 1. The number of halogens is 1. The van der Waals surface area contributed by atoms with Crippen molar-refractivity contribution in [3.63, 3.8) is 0 Å². The van der Waals surface area contributed by atoms with E-state index in [0.29, 0.717) is 0 Å². The van der Waals surface area contributed by atoms with Crippen LogP contribution in [0.2, 0.25) is 0 Å². The first kappa shape index (κ1) is 17.6. The van der Waals surface area contributed by atoms with Gasteiger partial charge in [-0.2, -0.15) is 10.2 Å². The topological polar surface area (TPSA) is 123 Å². The van der Waals surface area contributed by atoms with E-state index in [1.54, 1.807) is 0 Å². The Labute approximate surface area is 145 Å². The summed E-state index contributed by atoms with van der Waals surface area (Å²) < 4.78 is 2.36. The zero-order chi connectivity index (χ0) is 17.9. The smallest absolute Gasteiger partial charge is 0.270 e. The third kappa shape index (κ3) is 3.96. The predicted octanol–water partition coefficient (Wildman–Crippen LogP) is 2.03. The maximum Gasteiger partial charge on any atom is 0.270 e. The van der Waals surface area contributed by atoms with E-state index in [1.165, 1.54) is 16.8 Å². The number of benzene rings is 1. The minimum atomic E-state index is -0.587. The Morgan fingerprint density at radius 2 is 2.25 bits per heavy atom. The summed E-state index contributed by atoms with van der Waals surface area (Å²) in [6.45, 7) is 3.60. The van der Waals surface area contributed by atoms with E-state index in [0.717, 1.165) is 28.1 Å². The summed E-state index contributed by atoms with van der Waals surface area (Å²) in [4.78, 5) is 22.0. The Bertz CT molecular complexity index is 831. The van der Waals surface area contributed by atoms with Crippen LogP contribution < -0.4 is 5.43 Å². The van der Waals surface area contributed by atoms with Crippen molar-refractivity contribution in [1.29, 1.82) is 0 Å². The number of aromatic nitrogens is 2. The van der Waals surface area contributed by atoms with Gasteiger partial charge >= 0.3 is 0 Å². The largest absolute Gasteiger partial charge is 0.507 e. The van der Waals surface area contributed by atoms with E-state index in [2.05, 4.69) is 31.6 Å². The average Bonchev–Trinajstić information content (AvgIpc) is 2.76. The molecule has 1 heterocycles. The van der Waals surface area contributed by atoms with Gasteiger partial charge in [-0.1, -0.05) is 0 Å². The first-order chi connectivity index (χ1) is 11.3. The Kier molecular flexibility index (Phi) is 5.29. The number of nitrogens with zero attached hydrogens (tertiary/aromatic N) is 4. The van der Waals surface area contributed by atoms with Crippen LogP contribution in [0.15, 0.2) is 27.8 Å². The summed E-state index contributed by atoms with van der Waals surface area (Å²) in [6, 6.07) is 3.52. The predicted molar refractivity (Wildman–Crippen MR) is 89.9 cm³/mol. The number of carbonyl (C=O) groups is 1. The first-order valence-corrected chi connectivity index (χ1v) is 7.57. The van der Waals surface area contributed by atoms with E-state index in [1.807, 2.05) is 13.8 Å². The van der Waals surface area contributed by atoms with Gasteiger partial charge in [0.15, 0.2) is 0 Å². The fraction of sp³-hybridized carbons (Fsp3) is 0.214. The van der Waals surface area contributed by atoms with Crippen LogP contribution in [0.25, 0.3) is 0 Å². The standard InChI is InChI=1S/C14H14BrN5O4/c1-8-14(15)9(2)19(18-8)7-13(22)17-16-6-10-5-11(20(23)24)3-4-12(10)21/h3-6,21H,7H2,1-2H3,(H,17,22). The first-order valence-electron chi connectivity index (χ1n) is 6.78. The van der Waals surface area contributed by atoms with E-state index >= 15 is 0 Å².